The number of nitrogens with one attached hydrogen (secondary N) is 2. The van der Waals surface area contributed by atoms with Crippen molar-refractivity contribution in [2.24, 2.45) is 0 Å². The number of rotatable bonds is 2. The number of fused-ring (bicyclic) bond motifs is 2. The van der Waals surface area contributed by atoms with Gasteiger partial charge in [0.05, 0.1) is 23.6 Å². The largest absolute Gasteiger partial charge is 0.393 e. The van der Waals surface area contributed by atoms with Crippen molar-refractivity contribution in [3.63, 3.8) is 0 Å². The summed E-state index contributed by atoms with van der Waals surface area (Å²) >= 11 is 0. The van der Waals surface area contributed by atoms with Crippen LogP contribution < -0.4 is 10.7 Å². The second-order valence-electron chi connectivity index (χ2n) is 9.17. The van der Waals surface area contributed by atoms with Gasteiger partial charge in [-0.2, -0.15) is 13.2 Å². The number of piperidine rings is 1. The average molecular weight is 471 g/mol. The van der Waals surface area contributed by atoms with E-state index in [4.69, 9.17) is 0 Å². The highest BCUT2D eigenvalue weighted by molar-refractivity contribution is 5.98. The molecule has 34 heavy (non-hydrogen) atoms. The third-order valence-electron chi connectivity index (χ3n) is 7.00. The van der Waals surface area contributed by atoms with Crippen molar-refractivity contribution in [3.05, 3.63) is 81.1 Å². The summed E-state index contributed by atoms with van der Waals surface area (Å²) in [7, 11) is 0. The molecule has 3 aromatic rings. The van der Waals surface area contributed by atoms with E-state index in [9.17, 15) is 27.9 Å². The van der Waals surface area contributed by atoms with Crippen LogP contribution in [0.2, 0.25) is 0 Å². The second kappa shape index (κ2) is 8.25. The van der Waals surface area contributed by atoms with Gasteiger partial charge in [0.15, 0.2) is 5.43 Å². The lowest BCUT2D eigenvalue weighted by Gasteiger charge is -2.48. The van der Waals surface area contributed by atoms with Gasteiger partial charge in [-0.1, -0.05) is 24.3 Å². The van der Waals surface area contributed by atoms with E-state index >= 15 is 0 Å². The Morgan fingerprint density at radius 1 is 1.18 bits per heavy atom. The van der Waals surface area contributed by atoms with Crippen molar-refractivity contribution >= 4 is 16.8 Å². The van der Waals surface area contributed by atoms with Crippen LogP contribution in [-0.2, 0) is 19.4 Å². The fraction of sp³-hybridized carbons (Fsp3) is 0.360. The maximum absolute atomic E-state index is 13.2. The Labute approximate surface area is 193 Å². The third kappa shape index (κ3) is 4.10. The molecule has 1 aromatic heterocycles. The smallest absolute Gasteiger partial charge is 0.389 e. The average Bonchev–Trinajstić information content (AvgIpc) is 2.81. The number of hydrogen-bond donors (Lipinski definition) is 3. The predicted octanol–water partition coefficient (Wildman–Crippen LogP) is 2.92. The van der Waals surface area contributed by atoms with E-state index in [1.807, 2.05) is 12.1 Å². The minimum Gasteiger partial charge on any atom is -0.389 e. The fourth-order valence-corrected chi connectivity index (χ4v) is 5.08. The summed E-state index contributed by atoms with van der Waals surface area (Å²) in [5.41, 5.74) is 1.44. The van der Waals surface area contributed by atoms with Crippen LogP contribution in [0.1, 0.15) is 33.5 Å². The van der Waals surface area contributed by atoms with Gasteiger partial charge in [0.2, 0.25) is 0 Å². The molecule has 2 aliphatic heterocycles. The maximum Gasteiger partial charge on any atom is 0.393 e. The van der Waals surface area contributed by atoms with Gasteiger partial charge < -0.3 is 20.3 Å². The number of carbonyl (C=O) groups is 1. The number of aromatic nitrogens is 1. The quantitative estimate of drug-likeness (QED) is 0.537. The third-order valence-corrected chi connectivity index (χ3v) is 7.00. The van der Waals surface area contributed by atoms with Crippen LogP contribution in [0.5, 0.6) is 0 Å². The first-order valence-electron chi connectivity index (χ1n) is 11.2. The van der Waals surface area contributed by atoms with Crippen LogP contribution in [0.25, 0.3) is 10.9 Å². The van der Waals surface area contributed by atoms with Crippen molar-refractivity contribution in [1.29, 1.82) is 0 Å². The summed E-state index contributed by atoms with van der Waals surface area (Å²) in [5.74, 6) is -0.299. The molecule has 9 heteroatoms. The van der Waals surface area contributed by atoms with Gasteiger partial charge in [0, 0.05) is 42.3 Å². The van der Waals surface area contributed by atoms with Gasteiger partial charge in [0.1, 0.15) is 0 Å². The van der Waals surface area contributed by atoms with Crippen LogP contribution >= 0.6 is 0 Å². The number of nitrogens with zero attached hydrogens (tertiary/aromatic N) is 1. The lowest BCUT2D eigenvalue weighted by Crippen LogP contribution is -2.65. The highest BCUT2D eigenvalue weighted by Gasteiger charge is 2.45. The molecule has 2 aromatic carbocycles. The molecule has 3 N–H and O–H groups in total. The molecule has 5 rings (SSSR count). The van der Waals surface area contributed by atoms with Crippen LogP contribution in [0.3, 0.4) is 0 Å². The standard InChI is InChI=1S/C25H24F3N3O3/c26-25(27,28)11-18-12-29-20-9-15(5-6-19(20)22(18)33)23(34)31-8-7-24(21(32)14-31)10-16-3-1-2-4-17(16)13-30-24/h1-6,9,12,21,30,32H,7-8,10-11,13-14H2,(H,29,33)/t21-,24+/m1/s1. The zero-order valence-electron chi connectivity index (χ0n) is 18.3. The van der Waals surface area contributed by atoms with Gasteiger partial charge in [-0.3, -0.25) is 9.59 Å². The maximum atomic E-state index is 13.2. The summed E-state index contributed by atoms with van der Waals surface area (Å²) in [5, 5.41) is 14.6. The first-order valence-corrected chi connectivity index (χ1v) is 11.2. The molecule has 0 bridgehead atoms. The highest BCUT2D eigenvalue weighted by Crippen LogP contribution is 2.32. The first kappa shape index (κ1) is 22.6. The van der Waals surface area contributed by atoms with Crippen molar-refractivity contribution in [2.45, 2.75) is 43.6 Å². The molecule has 1 spiro atoms. The number of β-amino-alcohol motifs (C(OH)–C–C–N with tert-alkyl or cyclic N) is 1. The molecule has 2 aliphatic rings. The normalized spacial score (nSPS) is 22.7. The van der Waals surface area contributed by atoms with Crippen LogP contribution in [-0.4, -0.2) is 51.8 Å². The summed E-state index contributed by atoms with van der Waals surface area (Å²) in [6, 6.07) is 12.4. The number of H-pyrrole nitrogens is 1. The number of aliphatic hydroxyl groups excluding tert-OH is 1. The van der Waals surface area contributed by atoms with Crippen molar-refractivity contribution in [3.8, 4) is 0 Å². The van der Waals surface area contributed by atoms with Crippen molar-refractivity contribution < 1.29 is 23.1 Å². The van der Waals surface area contributed by atoms with Crippen LogP contribution in [0.4, 0.5) is 13.2 Å². The lowest BCUT2D eigenvalue weighted by molar-refractivity contribution is -0.127. The van der Waals surface area contributed by atoms with E-state index in [1.165, 1.54) is 29.3 Å². The number of pyridine rings is 1. The molecule has 6 nitrogen and oxygen atoms in total. The molecule has 0 unspecified atom stereocenters. The zero-order valence-corrected chi connectivity index (χ0v) is 18.3. The van der Waals surface area contributed by atoms with Crippen molar-refractivity contribution in [2.75, 3.05) is 13.1 Å². The summed E-state index contributed by atoms with van der Waals surface area (Å²) < 4.78 is 38.1. The zero-order chi connectivity index (χ0) is 24.1. The second-order valence-corrected chi connectivity index (χ2v) is 9.17. The van der Waals surface area contributed by atoms with Gasteiger partial charge in [-0.05, 0) is 42.2 Å². The van der Waals surface area contributed by atoms with Crippen LogP contribution in [0, 0.1) is 0 Å². The predicted molar refractivity (Wildman–Crippen MR) is 121 cm³/mol. The molecule has 3 heterocycles. The Kier molecular flexibility index (Phi) is 5.49. The highest BCUT2D eigenvalue weighted by atomic mass is 19.4. The Morgan fingerprint density at radius 2 is 1.94 bits per heavy atom. The van der Waals surface area contributed by atoms with Gasteiger partial charge in [-0.15, -0.1) is 0 Å². The van der Waals surface area contributed by atoms with E-state index < -0.39 is 29.7 Å². The topological polar surface area (TPSA) is 85.4 Å². The number of amides is 1. The molecular formula is C25H24F3N3O3. The number of halogens is 3. The van der Waals surface area contributed by atoms with Gasteiger partial charge in [0.25, 0.3) is 5.91 Å². The van der Waals surface area contributed by atoms with E-state index in [0.29, 0.717) is 37.0 Å². The first-order chi connectivity index (χ1) is 16.2. The number of alkyl halides is 3. The van der Waals surface area contributed by atoms with E-state index in [-0.39, 0.29) is 23.4 Å². The lowest BCUT2D eigenvalue weighted by atomic mass is 9.76. The summed E-state index contributed by atoms with van der Waals surface area (Å²) in [6.07, 6.45) is -4.25. The van der Waals surface area contributed by atoms with Gasteiger partial charge >= 0.3 is 6.18 Å². The number of aromatic amines is 1. The minimum absolute atomic E-state index is 0.0982. The minimum atomic E-state index is -4.49. The Bertz CT molecular complexity index is 1320. The molecular weight excluding hydrogens is 447 g/mol. The summed E-state index contributed by atoms with van der Waals surface area (Å²) in [4.78, 5) is 29.9. The molecule has 1 saturated heterocycles. The molecule has 0 radical (unpaired) electrons. The molecule has 178 valence electrons. The molecule has 0 aliphatic carbocycles. The number of carbonyl (C=O) groups excluding carboxylic acids is 1. The van der Waals surface area contributed by atoms with Crippen molar-refractivity contribution in [1.82, 2.24) is 15.2 Å². The van der Waals surface area contributed by atoms with Crippen LogP contribution in [0.15, 0.2) is 53.5 Å². The monoisotopic (exact) mass is 471 g/mol. The SMILES string of the molecule is O=C(c1ccc2c(=O)c(CC(F)(F)F)c[nH]c2c1)N1CC[C@]2(Cc3ccccc3CN2)[C@H](O)C1. The number of likely N-dealkylation sites (tertiary alicyclic amines) is 1. The molecule has 0 saturated carbocycles. The Balaban J connectivity index is 1.34. The Morgan fingerprint density at radius 3 is 2.68 bits per heavy atom. The Hall–Kier alpha value is -3.17. The van der Waals surface area contributed by atoms with E-state index in [2.05, 4.69) is 22.4 Å². The summed E-state index contributed by atoms with van der Waals surface area (Å²) in [6.45, 7) is 1.27. The van der Waals surface area contributed by atoms with E-state index in [0.717, 1.165) is 6.20 Å². The number of aliphatic hydroxyl groups is 1. The molecule has 2 atom stereocenters. The molecule has 1 amide bonds. The van der Waals surface area contributed by atoms with Gasteiger partial charge in [-0.25, -0.2) is 0 Å². The van der Waals surface area contributed by atoms with E-state index in [1.54, 1.807) is 4.90 Å². The molecule has 1 fully saturated rings. The number of benzene rings is 2. The number of hydrogen-bond acceptors (Lipinski definition) is 4. The fourth-order valence-electron chi connectivity index (χ4n) is 5.08.